The average molecular weight is 475 g/mol. The van der Waals surface area contributed by atoms with Crippen LogP contribution in [0.15, 0.2) is 18.3 Å². The van der Waals surface area contributed by atoms with Crippen molar-refractivity contribution in [1.29, 1.82) is 0 Å². The van der Waals surface area contributed by atoms with Crippen molar-refractivity contribution in [2.45, 2.75) is 71.4 Å². The molecule has 1 amide bonds. The summed E-state index contributed by atoms with van der Waals surface area (Å²) in [6.07, 6.45) is 5.83. The summed E-state index contributed by atoms with van der Waals surface area (Å²) in [5.74, 6) is -0.887. The van der Waals surface area contributed by atoms with E-state index in [1.807, 2.05) is 37.9 Å². The van der Waals surface area contributed by atoms with Crippen molar-refractivity contribution in [1.82, 2.24) is 14.5 Å². The van der Waals surface area contributed by atoms with Gasteiger partial charge in [0.2, 0.25) is 5.95 Å². The number of anilines is 1. The van der Waals surface area contributed by atoms with Crippen LogP contribution in [0.2, 0.25) is 0 Å². The standard InChI is InChI=1S/C25H35FN4O4/c1-5-33-20(31)6-10-27-19-14-17-7-11-30(22(17)28-21(19)26)18-15-25(16-18)8-12-29(13-9-25)23(32)34-24(2,3)4/h7,11,14,18,27H,5-6,8-10,12-13,15-16H2,1-4H3. The third-order valence-electron chi connectivity index (χ3n) is 6.80. The van der Waals surface area contributed by atoms with Gasteiger partial charge in [-0.2, -0.15) is 9.37 Å². The summed E-state index contributed by atoms with van der Waals surface area (Å²) in [4.78, 5) is 29.9. The Hall–Kier alpha value is -2.84. The number of hydrogen-bond donors (Lipinski definition) is 1. The van der Waals surface area contributed by atoms with E-state index in [1.165, 1.54) is 0 Å². The minimum atomic E-state index is -0.573. The second-order valence-corrected chi connectivity index (χ2v) is 10.5. The molecule has 0 radical (unpaired) electrons. The average Bonchev–Trinajstić information content (AvgIpc) is 3.13. The molecule has 2 aromatic heterocycles. The van der Waals surface area contributed by atoms with E-state index < -0.39 is 11.5 Å². The van der Waals surface area contributed by atoms with Crippen molar-refractivity contribution in [3.05, 3.63) is 24.3 Å². The van der Waals surface area contributed by atoms with Crippen molar-refractivity contribution < 1.29 is 23.5 Å². The normalized spacial score (nSPS) is 18.1. The smallest absolute Gasteiger partial charge is 0.410 e. The van der Waals surface area contributed by atoms with Gasteiger partial charge in [0, 0.05) is 37.3 Å². The lowest BCUT2D eigenvalue weighted by Gasteiger charge is -2.52. The first-order chi connectivity index (χ1) is 16.1. The molecule has 1 aliphatic carbocycles. The third-order valence-corrected chi connectivity index (χ3v) is 6.80. The number of hydrogen-bond acceptors (Lipinski definition) is 6. The van der Waals surface area contributed by atoms with Crippen LogP contribution in [0.25, 0.3) is 11.0 Å². The van der Waals surface area contributed by atoms with Gasteiger partial charge in [-0.3, -0.25) is 4.79 Å². The fraction of sp³-hybridized carbons (Fsp3) is 0.640. The van der Waals surface area contributed by atoms with Crippen molar-refractivity contribution in [2.24, 2.45) is 5.41 Å². The van der Waals surface area contributed by atoms with E-state index in [4.69, 9.17) is 9.47 Å². The first-order valence-corrected chi connectivity index (χ1v) is 12.1. The Morgan fingerprint density at radius 1 is 1.26 bits per heavy atom. The Kier molecular flexibility index (Phi) is 6.73. The van der Waals surface area contributed by atoms with Gasteiger partial charge >= 0.3 is 12.1 Å². The summed E-state index contributed by atoms with van der Waals surface area (Å²) < 4.78 is 27.1. The molecule has 2 aromatic rings. The lowest BCUT2D eigenvalue weighted by Crippen LogP contribution is -2.50. The summed E-state index contributed by atoms with van der Waals surface area (Å²) in [6.45, 7) is 9.44. The maximum atomic E-state index is 14.7. The van der Waals surface area contributed by atoms with Gasteiger partial charge in [-0.25, -0.2) is 4.79 Å². The topological polar surface area (TPSA) is 85.7 Å². The van der Waals surface area contributed by atoms with Gasteiger partial charge in [0.25, 0.3) is 0 Å². The van der Waals surface area contributed by atoms with E-state index in [0.29, 0.717) is 25.3 Å². The number of carbonyl (C=O) groups excluding carboxylic acids is 2. The number of amides is 1. The minimum absolute atomic E-state index is 0.168. The van der Waals surface area contributed by atoms with Gasteiger partial charge in [-0.1, -0.05) is 0 Å². The van der Waals surface area contributed by atoms with Gasteiger partial charge < -0.3 is 24.3 Å². The molecule has 1 saturated carbocycles. The van der Waals surface area contributed by atoms with Gasteiger partial charge in [0.15, 0.2) is 0 Å². The number of carbonyl (C=O) groups is 2. The van der Waals surface area contributed by atoms with Crippen molar-refractivity contribution in [2.75, 3.05) is 31.6 Å². The molecule has 8 nitrogen and oxygen atoms in total. The highest BCUT2D eigenvalue weighted by atomic mass is 19.1. The number of esters is 1. The van der Waals surface area contributed by atoms with Crippen LogP contribution < -0.4 is 5.32 Å². The molecule has 2 fully saturated rings. The largest absolute Gasteiger partial charge is 0.466 e. The molecule has 1 spiro atoms. The van der Waals surface area contributed by atoms with Crippen LogP contribution in [0.4, 0.5) is 14.9 Å². The van der Waals surface area contributed by atoms with Gasteiger partial charge in [0.1, 0.15) is 11.2 Å². The van der Waals surface area contributed by atoms with Crippen LogP contribution in [0.3, 0.4) is 0 Å². The lowest BCUT2D eigenvalue weighted by molar-refractivity contribution is -0.142. The number of pyridine rings is 1. The number of rotatable bonds is 6. The number of halogens is 1. The summed E-state index contributed by atoms with van der Waals surface area (Å²) in [7, 11) is 0. The van der Waals surface area contributed by atoms with E-state index in [0.717, 1.165) is 31.1 Å². The Labute approximate surface area is 199 Å². The maximum absolute atomic E-state index is 14.7. The molecule has 2 aliphatic rings. The highest BCUT2D eigenvalue weighted by Crippen LogP contribution is 2.55. The summed E-state index contributed by atoms with van der Waals surface area (Å²) in [6, 6.07) is 3.97. The molecular formula is C25H35FN4O4. The minimum Gasteiger partial charge on any atom is -0.466 e. The Balaban J connectivity index is 1.34. The number of ether oxygens (including phenoxy) is 2. The van der Waals surface area contributed by atoms with Crippen LogP contribution in [0, 0.1) is 11.4 Å². The number of likely N-dealkylation sites (tertiary alicyclic amines) is 1. The summed E-state index contributed by atoms with van der Waals surface area (Å²) in [5, 5.41) is 3.81. The van der Waals surface area contributed by atoms with Crippen molar-refractivity contribution in [3.8, 4) is 0 Å². The Bertz CT molecular complexity index is 1050. The first kappa shape index (κ1) is 24.3. The molecule has 34 heavy (non-hydrogen) atoms. The second-order valence-electron chi connectivity index (χ2n) is 10.5. The molecule has 0 bridgehead atoms. The molecule has 9 heteroatoms. The molecule has 1 aliphatic heterocycles. The van der Waals surface area contributed by atoms with Gasteiger partial charge in [-0.15, -0.1) is 0 Å². The van der Waals surface area contributed by atoms with Crippen LogP contribution in [-0.4, -0.2) is 58.4 Å². The SMILES string of the molecule is CCOC(=O)CCNc1cc2ccn(C3CC4(CCN(C(=O)OC(C)(C)C)CC4)C3)c2nc1F. The van der Waals surface area contributed by atoms with E-state index in [9.17, 15) is 14.0 Å². The monoisotopic (exact) mass is 474 g/mol. The predicted octanol–water partition coefficient (Wildman–Crippen LogP) is 4.89. The van der Waals surface area contributed by atoms with E-state index in [-0.39, 0.29) is 42.2 Å². The van der Waals surface area contributed by atoms with Gasteiger partial charge in [-0.05, 0) is 70.9 Å². The highest BCUT2D eigenvalue weighted by molar-refractivity contribution is 5.80. The molecule has 0 aromatic carbocycles. The number of nitrogens with one attached hydrogen (secondary N) is 1. The zero-order valence-electron chi connectivity index (χ0n) is 20.5. The predicted molar refractivity (Wildman–Crippen MR) is 127 cm³/mol. The summed E-state index contributed by atoms with van der Waals surface area (Å²) >= 11 is 0. The fourth-order valence-electron chi connectivity index (χ4n) is 5.04. The third kappa shape index (κ3) is 5.28. The zero-order chi connectivity index (χ0) is 24.5. The quantitative estimate of drug-likeness (QED) is 0.474. The van der Waals surface area contributed by atoms with E-state index in [2.05, 4.69) is 14.9 Å². The van der Waals surface area contributed by atoms with E-state index >= 15 is 0 Å². The van der Waals surface area contributed by atoms with E-state index in [1.54, 1.807) is 13.0 Å². The second kappa shape index (κ2) is 9.43. The number of aromatic nitrogens is 2. The Morgan fingerprint density at radius 3 is 2.62 bits per heavy atom. The molecule has 3 heterocycles. The molecule has 0 unspecified atom stereocenters. The summed E-state index contributed by atoms with van der Waals surface area (Å²) in [5.41, 5.74) is 0.669. The van der Waals surface area contributed by atoms with Crippen molar-refractivity contribution in [3.63, 3.8) is 0 Å². The maximum Gasteiger partial charge on any atom is 0.410 e. The molecule has 1 saturated heterocycles. The number of nitrogens with zero attached hydrogens (tertiary/aromatic N) is 3. The zero-order valence-corrected chi connectivity index (χ0v) is 20.5. The fourth-order valence-corrected chi connectivity index (χ4v) is 5.04. The highest BCUT2D eigenvalue weighted by Gasteiger charge is 2.47. The molecular weight excluding hydrogens is 439 g/mol. The molecule has 4 rings (SSSR count). The molecule has 186 valence electrons. The lowest BCUT2D eigenvalue weighted by atomic mass is 9.60. The van der Waals surface area contributed by atoms with Crippen LogP contribution in [0.5, 0.6) is 0 Å². The number of fused-ring (bicyclic) bond motifs is 1. The van der Waals surface area contributed by atoms with Gasteiger partial charge in [0.05, 0.1) is 18.7 Å². The van der Waals surface area contributed by atoms with Crippen LogP contribution >= 0.6 is 0 Å². The molecule has 1 N–H and O–H groups in total. The van der Waals surface area contributed by atoms with Crippen molar-refractivity contribution >= 4 is 28.8 Å². The van der Waals surface area contributed by atoms with Crippen LogP contribution in [0.1, 0.15) is 65.8 Å². The molecule has 0 atom stereocenters. The number of piperidine rings is 1. The first-order valence-electron chi connectivity index (χ1n) is 12.1. The Morgan fingerprint density at radius 2 is 1.97 bits per heavy atom. The van der Waals surface area contributed by atoms with Crippen LogP contribution in [-0.2, 0) is 14.3 Å².